The molecule has 0 fully saturated rings. The van der Waals surface area contributed by atoms with Crippen molar-refractivity contribution < 1.29 is 0 Å². The number of nitrogens with one attached hydrogen (secondary N) is 1. The molecule has 5 rings (SSSR count). The summed E-state index contributed by atoms with van der Waals surface area (Å²) >= 11 is 0. The smallest absolute Gasteiger partial charge is 0.179 e. The first-order valence-corrected chi connectivity index (χ1v) is 8.78. The average molecular weight is 379 g/mol. The lowest BCUT2D eigenvalue weighted by molar-refractivity contribution is 1.02. The lowest BCUT2D eigenvalue weighted by Gasteiger charge is -2.13. The van der Waals surface area contributed by atoms with Crippen LogP contribution >= 0.6 is 0 Å². The number of H-pyrrole nitrogens is 1. The van der Waals surface area contributed by atoms with E-state index < -0.39 is 0 Å². The van der Waals surface area contributed by atoms with Crippen LogP contribution < -0.4 is 0 Å². The Morgan fingerprint density at radius 2 is 1.55 bits per heavy atom. The van der Waals surface area contributed by atoms with Crippen LogP contribution in [0, 0.1) is 0 Å². The van der Waals surface area contributed by atoms with Crippen molar-refractivity contribution in [2.45, 2.75) is 0 Å². The Bertz CT molecular complexity index is 1160. The molecule has 0 amide bonds. The zero-order valence-electron chi connectivity index (χ0n) is 15.0. The first kappa shape index (κ1) is 16.8. The summed E-state index contributed by atoms with van der Waals surface area (Å²) in [5, 5.41) is 15.3. The third-order valence-electron chi connectivity index (χ3n) is 4.19. The van der Waals surface area contributed by atoms with Crippen LogP contribution in [-0.4, -0.2) is 45.3 Å². The van der Waals surface area contributed by atoms with E-state index in [1.807, 2.05) is 36.4 Å². The second-order valence-electron chi connectivity index (χ2n) is 6.00. The molecule has 9 heteroatoms. The highest BCUT2D eigenvalue weighted by atomic mass is 15.1. The van der Waals surface area contributed by atoms with Gasteiger partial charge in [-0.15, -0.1) is 5.10 Å². The minimum atomic E-state index is 0.454. The van der Waals surface area contributed by atoms with E-state index >= 15 is 0 Å². The molecule has 5 aromatic rings. The van der Waals surface area contributed by atoms with Gasteiger partial charge in [-0.25, -0.2) is 9.97 Å². The Labute approximate surface area is 165 Å². The van der Waals surface area contributed by atoms with Gasteiger partial charge in [-0.3, -0.25) is 20.1 Å². The van der Waals surface area contributed by atoms with Crippen molar-refractivity contribution in [2.24, 2.45) is 0 Å². The first-order valence-electron chi connectivity index (χ1n) is 8.78. The Balaban J connectivity index is 1.87. The van der Waals surface area contributed by atoms with Crippen molar-refractivity contribution >= 4 is 0 Å². The van der Waals surface area contributed by atoms with E-state index in [0.717, 1.165) is 5.69 Å². The number of rotatable bonds is 4. The molecule has 29 heavy (non-hydrogen) atoms. The Hall–Kier alpha value is -4.40. The van der Waals surface area contributed by atoms with Crippen molar-refractivity contribution in [2.75, 3.05) is 0 Å². The molecule has 138 valence electrons. The van der Waals surface area contributed by atoms with Crippen molar-refractivity contribution in [3.8, 4) is 45.6 Å². The zero-order chi connectivity index (χ0) is 19.5. The van der Waals surface area contributed by atoms with Crippen LogP contribution in [-0.2, 0) is 0 Å². The van der Waals surface area contributed by atoms with Gasteiger partial charge in [-0.2, -0.15) is 10.2 Å². The monoisotopic (exact) mass is 379 g/mol. The fourth-order valence-corrected chi connectivity index (χ4v) is 2.94. The number of hydrogen-bond acceptors (Lipinski definition) is 8. The molecule has 0 unspecified atom stereocenters. The van der Waals surface area contributed by atoms with Crippen LogP contribution in [0.3, 0.4) is 0 Å². The number of hydrogen-bond donors (Lipinski definition) is 1. The summed E-state index contributed by atoms with van der Waals surface area (Å²) in [5.74, 6) is 0.454. The van der Waals surface area contributed by atoms with Crippen LogP contribution in [0.15, 0.2) is 73.6 Å². The van der Waals surface area contributed by atoms with E-state index in [-0.39, 0.29) is 0 Å². The van der Waals surface area contributed by atoms with Gasteiger partial charge < -0.3 is 0 Å². The minimum Gasteiger partial charge on any atom is -0.278 e. The van der Waals surface area contributed by atoms with E-state index in [1.54, 1.807) is 37.2 Å². The molecule has 0 aliphatic carbocycles. The summed E-state index contributed by atoms with van der Waals surface area (Å²) < 4.78 is 0. The van der Waals surface area contributed by atoms with Crippen LogP contribution in [0.5, 0.6) is 0 Å². The normalized spacial score (nSPS) is 10.8. The molecule has 5 heterocycles. The van der Waals surface area contributed by atoms with E-state index in [1.165, 1.54) is 0 Å². The molecule has 0 saturated heterocycles. The number of pyridine rings is 1. The molecule has 0 aliphatic heterocycles. The second kappa shape index (κ2) is 7.31. The maximum atomic E-state index is 4.78. The van der Waals surface area contributed by atoms with Crippen LogP contribution in [0.2, 0.25) is 0 Å². The molecule has 0 spiro atoms. The van der Waals surface area contributed by atoms with Gasteiger partial charge in [0.15, 0.2) is 5.82 Å². The van der Waals surface area contributed by atoms with Crippen LogP contribution in [0.4, 0.5) is 0 Å². The van der Waals surface area contributed by atoms with Crippen molar-refractivity contribution in [1.29, 1.82) is 0 Å². The number of nitrogens with zero attached hydrogens (tertiary/aromatic N) is 8. The molecule has 0 atom stereocenters. The van der Waals surface area contributed by atoms with Gasteiger partial charge in [0.2, 0.25) is 0 Å². The van der Waals surface area contributed by atoms with Crippen LogP contribution in [0.1, 0.15) is 0 Å². The molecular formula is C20H13N9. The quantitative estimate of drug-likeness (QED) is 0.506. The Morgan fingerprint density at radius 1 is 0.690 bits per heavy atom. The second-order valence-corrected chi connectivity index (χ2v) is 6.00. The Morgan fingerprint density at radius 3 is 2.24 bits per heavy atom. The SMILES string of the molecule is c1ccc(-c2nc(-c3cnccn3)c(-c3ccn[nH]3)c(-c3cccnn3)n2)nc1. The number of aromatic amines is 1. The molecule has 0 saturated carbocycles. The standard InChI is InChI=1S/C20H13N9/c1-2-7-22-15(4-1)20-26-18(14-5-3-8-24-29-14)17(13-6-9-25-28-13)19(27-20)16-12-21-10-11-23-16/h1-12H,(H,25,28). The van der Waals surface area contributed by atoms with Gasteiger partial charge in [0.05, 0.1) is 17.5 Å². The highest BCUT2D eigenvalue weighted by molar-refractivity contribution is 5.88. The summed E-state index contributed by atoms with van der Waals surface area (Å²) in [6.07, 6.45) is 9.88. The molecule has 0 radical (unpaired) electrons. The van der Waals surface area contributed by atoms with E-state index in [0.29, 0.717) is 39.9 Å². The van der Waals surface area contributed by atoms with E-state index in [9.17, 15) is 0 Å². The maximum Gasteiger partial charge on any atom is 0.179 e. The summed E-state index contributed by atoms with van der Waals surface area (Å²) in [6.45, 7) is 0. The number of aromatic nitrogens is 9. The summed E-state index contributed by atoms with van der Waals surface area (Å²) in [6, 6.07) is 11.1. The zero-order valence-corrected chi connectivity index (χ0v) is 15.0. The van der Waals surface area contributed by atoms with Gasteiger partial charge in [-0.05, 0) is 30.3 Å². The highest BCUT2D eigenvalue weighted by Crippen LogP contribution is 2.36. The van der Waals surface area contributed by atoms with Crippen LogP contribution in [0.25, 0.3) is 45.6 Å². The van der Waals surface area contributed by atoms with Crippen molar-refractivity contribution in [1.82, 2.24) is 45.3 Å². The van der Waals surface area contributed by atoms with Crippen molar-refractivity contribution in [3.05, 3.63) is 73.6 Å². The third kappa shape index (κ3) is 3.21. The lowest BCUT2D eigenvalue weighted by atomic mass is 10.0. The predicted molar refractivity (Wildman–Crippen MR) is 105 cm³/mol. The molecule has 0 bridgehead atoms. The predicted octanol–water partition coefficient (Wildman–Crippen LogP) is 2.84. The maximum absolute atomic E-state index is 4.78. The van der Waals surface area contributed by atoms with Gasteiger partial charge in [-0.1, -0.05) is 6.07 Å². The fourth-order valence-electron chi connectivity index (χ4n) is 2.94. The molecule has 0 aliphatic rings. The molecule has 0 aromatic carbocycles. The van der Waals surface area contributed by atoms with Crippen molar-refractivity contribution in [3.63, 3.8) is 0 Å². The van der Waals surface area contributed by atoms with E-state index in [4.69, 9.17) is 9.97 Å². The lowest BCUT2D eigenvalue weighted by Crippen LogP contribution is -2.03. The van der Waals surface area contributed by atoms with Gasteiger partial charge >= 0.3 is 0 Å². The summed E-state index contributed by atoms with van der Waals surface area (Å²) in [4.78, 5) is 22.6. The average Bonchev–Trinajstić information content (AvgIpc) is 3.34. The molecule has 1 N–H and O–H groups in total. The fraction of sp³-hybridized carbons (Fsp3) is 0. The summed E-state index contributed by atoms with van der Waals surface area (Å²) in [5.41, 5.74) is 4.47. The molecule has 5 aromatic heterocycles. The van der Waals surface area contributed by atoms with E-state index in [2.05, 4.69) is 35.3 Å². The van der Waals surface area contributed by atoms with Gasteiger partial charge in [0.25, 0.3) is 0 Å². The first-order chi connectivity index (χ1) is 14.4. The third-order valence-corrected chi connectivity index (χ3v) is 4.19. The topological polar surface area (TPSA) is 119 Å². The van der Waals surface area contributed by atoms with Gasteiger partial charge in [0, 0.05) is 31.0 Å². The Kier molecular flexibility index (Phi) is 4.22. The largest absolute Gasteiger partial charge is 0.278 e. The molecule has 9 nitrogen and oxygen atoms in total. The van der Waals surface area contributed by atoms with Gasteiger partial charge in [0.1, 0.15) is 28.5 Å². The highest BCUT2D eigenvalue weighted by Gasteiger charge is 2.22. The molecular weight excluding hydrogens is 366 g/mol. The summed E-state index contributed by atoms with van der Waals surface area (Å²) in [7, 11) is 0. The minimum absolute atomic E-state index is 0.454.